The minimum Gasteiger partial charge on any atom is -0.481 e. The van der Waals surface area contributed by atoms with Crippen molar-refractivity contribution in [2.24, 2.45) is 47.3 Å². The SMILES string of the molecule is CCOC(=O)CC1CC2(CCN(C(=O)NC3C4CC5CC(C4)CC3C5)CC2)c2cc(Cl)ccc21.O=C(O)CC1CC2(CCN(C(=O)NC3C4CC5CC(C4)CC3C5)CC2)c2cc(Cl)ccc21. The Bertz CT molecular complexity index is 2160. The molecule has 8 bridgehead atoms. The first kappa shape index (κ1) is 45.0. The Morgan fingerprint density at radius 1 is 0.606 bits per heavy atom. The van der Waals surface area contributed by atoms with E-state index < -0.39 is 5.97 Å². The van der Waals surface area contributed by atoms with Crippen molar-refractivity contribution in [1.29, 1.82) is 0 Å². The monoisotopic (exact) mass is 940 g/mol. The number of hydrogen-bond acceptors (Lipinski definition) is 5. The van der Waals surface area contributed by atoms with Crippen LogP contribution in [0.3, 0.4) is 0 Å². The van der Waals surface area contributed by atoms with Crippen molar-refractivity contribution in [3.05, 3.63) is 68.7 Å². The molecule has 12 heteroatoms. The van der Waals surface area contributed by atoms with Crippen LogP contribution in [0.5, 0.6) is 0 Å². The largest absolute Gasteiger partial charge is 0.481 e. The molecule has 4 amide bonds. The number of carboxylic acid groups (broad SMARTS) is 1. The first-order valence-corrected chi connectivity index (χ1v) is 26.7. The van der Waals surface area contributed by atoms with Gasteiger partial charge in [-0.25, -0.2) is 9.59 Å². The lowest BCUT2D eigenvalue weighted by atomic mass is 9.54. The molecule has 0 aromatic heterocycles. The van der Waals surface area contributed by atoms with Gasteiger partial charge in [0, 0.05) is 48.3 Å². The number of amides is 4. The molecule has 66 heavy (non-hydrogen) atoms. The number of piperidine rings is 2. The van der Waals surface area contributed by atoms with E-state index in [1.807, 2.05) is 41.0 Å². The average Bonchev–Trinajstić information content (AvgIpc) is 3.72. The van der Waals surface area contributed by atoms with Crippen LogP contribution >= 0.6 is 23.2 Å². The molecule has 2 heterocycles. The molecule has 14 rings (SSSR count). The number of likely N-dealkylation sites (tertiary alicyclic amines) is 2. The maximum Gasteiger partial charge on any atom is 0.317 e. The summed E-state index contributed by atoms with van der Waals surface area (Å²) in [6.07, 6.45) is 19.4. The lowest BCUT2D eigenvalue weighted by Gasteiger charge is -2.54. The minimum absolute atomic E-state index is 0.00318. The van der Waals surface area contributed by atoms with E-state index in [2.05, 4.69) is 22.8 Å². The topological polar surface area (TPSA) is 128 Å². The summed E-state index contributed by atoms with van der Waals surface area (Å²) in [6, 6.07) is 13.1. The number of nitrogens with zero attached hydrogens (tertiary/aromatic N) is 2. The quantitative estimate of drug-likeness (QED) is 0.237. The summed E-state index contributed by atoms with van der Waals surface area (Å²) in [4.78, 5) is 54.3. The Labute approximate surface area is 401 Å². The van der Waals surface area contributed by atoms with Gasteiger partial charge in [0.1, 0.15) is 0 Å². The van der Waals surface area contributed by atoms with E-state index in [9.17, 15) is 24.3 Å². The maximum absolute atomic E-state index is 13.3. The van der Waals surface area contributed by atoms with Crippen LogP contribution < -0.4 is 10.6 Å². The minimum atomic E-state index is -0.750. The second-order valence-corrected chi connectivity index (χ2v) is 24.1. The highest BCUT2D eigenvalue weighted by molar-refractivity contribution is 6.31. The summed E-state index contributed by atoms with van der Waals surface area (Å²) in [7, 11) is 0. The van der Waals surface area contributed by atoms with Crippen molar-refractivity contribution in [2.45, 2.75) is 157 Å². The van der Waals surface area contributed by atoms with Crippen LogP contribution in [0.15, 0.2) is 36.4 Å². The van der Waals surface area contributed by atoms with Gasteiger partial charge in [0.25, 0.3) is 0 Å². The number of rotatable bonds is 7. The van der Waals surface area contributed by atoms with Gasteiger partial charge in [-0.2, -0.15) is 0 Å². The molecule has 2 saturated heterocycles. The molecule has 2 spiro atoms. The zero-order valence-corrected chi connectivity index (χ0v) is 40.3. The summed E-state index contributed by atoms with van der Waals surface area (Å²) in [5.74, 6) is 5.75. The van der Waals surface area contributed by atoms with Crippen LogP contribution in [0.1, 0.15) is 157 Å². The van der Waals surface area contributed by atoms with E-state index in [0.29, 0.717) is 53.8 Å². The number of benzene rings is 2. The molecule has 3 N–H and O–H groups in total. The molecule has 2 atom stereocenters. The van der Waals surface area contributed by atoms with E-state index in [0.717, 1.165) is 99.0 Å². The van der Waals surface area contributed by atoms with Crippen LogP contribution in [0.25, 0.3) is 0 Å². The van der Waals surface area contributed by atoms with Crippen LogP contribution in [0, 0.1) is 47.3 Å². The number of nitrogens with one attached hydrogen (secondary N) is 2. The fraction of sp³-hybridized carbons (Fsp3) is 0.704. The van der Waals surface area contributed by atoms with Gasteiger partial charge >= 0.3 is 24.0 Å². The molecule has 2 aromatic carbocycles. The third kappa shape index (κ3) is 8.42. The van der Waals surface area contributed by atoms with Crippen molar-refractivity contribution in [2.75, 3.05) is 32.8 Å². The fourth-order valence-electron chi connectivity index (χ4n) is 17.1. The highest BCUT2D eigenvalue weighted by Crippen LogP contribution is 2.57. The Morgan fingerprint density at radius 3 is 1.35 bits per heavy atom. The summed E-state index contributed by atoms with van der Waals surface area (Å²) < 4.78 is 5.25. The second-order valence-electron chi connectivity index (χ2n) is 23.2. The summed E-state index contributed by atoms with van der Waals surface area (Å²) in [5, 5.41) is 17.8. The predicted molar refractivity (Wildman–Crippen MR) is 255 cm³/mol. The lowest BCUT2D eigenvalue weighted by molar-refractivity contribution is -0.143. The number of fused-ring (bicyclic) bond motifs is 4. The van der Waals surface area contributed by atoms with Crippen molar-refractivity contribution in [1.82, 2.24) is 20.4 Å². The van der Waals surface area contributed by atoms with Gasteiger partial charge in [-0.3, -0.25) is 9.59 Å². The van der Waals surface area contributed by atoms with E-state index in [4.69, 9.17) is 27.9 Å². The Morgan fingerprint density at radius 2 is 0.985 bits per heavy atom. The number of aliphatic carboxylic acids is 1. The normalized spacial score (nSPS) is 35.6. The van der Waals surface area contributed by atoms with E-state index in [-0.39, 0.29) is 47.1 Å². The predicted octanol–water partition coefficient (Wildman–Crippen LogP) is 10.8. The second kappa shape index (κ2) is 17.8. The number of carboxylic acids is 1. The standard InChI is InChI=1S/C28H37ClN2O3.C26H33ClN2O3/c1-2-34-25(32)14-21-16-28(24-15-22(29)3-4-23(21)24)5-7-31(8-6-28)27(33)30-26-19-10-17-9-18(12-19)13-20(26)11-17;27-20-1-2-21-19(12-23(30)31)14-26(22(21)13-20)3-5-29(6-4-26)25(32)28-24-17-8-15-7-16(10-17)11-18(24)9-15/h3-4,15,17-21,26H,2,5-14,16H2,1H3,(H,30,33);1-2,13,15-19,24H,3-12,14H2,(H,28,32)(H,30,31). The van der Waals surface area contributed by atoms with E-state index in [1.165, 1.54) is 80.9 Å². The number of esters is 1. The number of hydrogen-bond donors (Lipinski definition) is 3. The molecular weight excluding hydrogens is 872 g/mol. The summed E-state index contributed by atoms with van der Waals surface area (Å²) in [6.45, 7) is 5.24. The van der Waals surface area contributed by atoms with Gasteiger partial charge in [-0.15, -0.1) is 0 Å². The van der Waals surface area contributed by atoms with Gasteiger partial charge in [0.05, 0.1) is 19.4 Å². The molecule has 2 unspecified atom stereocenters. The van der Waals surface area contributed by atoms with E-state index in [1.54, 1.807) is 0 Å². The van der Waals surface area contributed by atoms with Crippen LogP contribution in [0.2, 0.25) is 10.0 Å². The molecule has 12 aliphatic rings. The van der Waals surface area contributed by atoms with Crippen molar-refractivity contribution < 1.29 is 29.0 Å². The lowest BCUT2D eigenvalue weighted by Crippen LogP contribution is -2.59. The van der Waals surface area contributed by atoms with Crippen LogP contribution in [0.4, 0.5) is 9.59 Å². The highest BCUT2D eigenvalue weighted by atomic mass is 35.5. The van der Waals surface area contributed by atoms with Crippen molar-refractivity contribution >= 4 is 47.2 Å². The number of halogens is 2. The Kier molecular flexibility index (Phi) is 12.1. The number of carbonyl (C=O) groups is 4. The zero-order valence-electron chi connectivity index (χ0n) is 38.8. The van der Waals surface area contributed by atoms with Gasteiger partial charge in [-0.1, -0.05) is 35.3 Å². The molecule has 8 saturated carbocycles. The smallest absolute Gasteiger partial charge is 0.317 e. The average molecular weight is 942 g/mol. The summed E-state index contributed by atoms with van der Waals surface area (Å²) >= 11 is 12.7. The summed E-state index contributed by atoms with van der Waals surface area (Å²) in [5.41, 5.74) is 4.83. The first-order chi connectivity index (χ1) is 31.8. The Balaban J connectivity index is 0.000000146. The zero-order chi connectivity index (χ0) is 45.5. The molecule has 10 fully saturated rings. The van der Waals surface area contributed by atoms with Gasteiger partial charge in [0.15, 0.2) is 0 Å². The maximum atomic E-state index is 13.3. The van der Waals surface area contributed by atoms with Crippen molar-refractivity contribution in [3.63, 3.8) is 0 Å². The highest BCUT2D eigenvalue weighted by Gasteiger charge is 2.52. The molecular formula is C54H70Cl2N4O6. The number of urea groups is 2. The van der Waals surface area contributed by atoms with Gasteiger partial charge in [-0.05, 0) is 226 Å². The van der Waals surface area contributed by atoms with Crippen LogP contribution in [-0.2, 0) is 25.2 Å². The third-order valence-corrected chi connectivity index (χ3v) is 20.0. The van der Waals surface area contributed by atoms with Gasteiger partial charge < -0.3 is 30.3 Å². The van der Waals surface area contributed by atoms with Gasteiger partial charge in [0.2, 0.25) is 0 Å². The van der Waals surface area contributed by atoms with Crippen molar-refractivity contribution in [3.8, 4) is 0 Å². The fourth-order valence-corrected chi connectivity index (χ4v) is 17.4. The molecule has 2 aliphatic heterocycles. The first-order valence-electron chi connectivity index (χ1n) is 25.9. The number of carbonyl (C=O) groups excluding carboxylic acids is 3. The molecule has 10 aliphatic carbocycles. The molecule has 10 nitrogen and oxygen atoms in total. The van der Waals surface area contributed by atoms with Crippen LogP contribution in [-0.4, -0.2) is 83.8 Å². The van der Waals surface area contributed by atoms with E-state index >= 15 is 0 Å². The molecule has 2 aromatic rings. The Hall–Kier alpha value is -3.50. The number of ether oxygens (including phenoxy) is 1. The molecule has 0 radical (unpaired) electrons. The third-order valence-electron chi connectivity index (χ3n) is 19.5. The molecule has 356 valence electrons.